The van der Waals surface area contributed by atoms with E-state index in [0.29, 0.717) is 5.82 Å². The Morgan fingerprint density at radius 1 is 1.14 bits per heavy atom. The highest BCUT2D eigenvalue weighted by atomic mass is 15.3. The maximum absolute atomic E-state index is 6.23. The SMILES string of the molecule is C=C1NCCC(N)=C1C(C)=Nc1c(C)cc(N2CCN(C(=C)N)CC2)cc1C. The number of hydrogen-bond acceptors (Lipinski definition) is 6. The number of aryl methyl sites for hydroxylation is 2. The smallest absolute Gasteiger partial charge is 0.0913 e. The molecule has 2 heterocycles. The minimum Gasteiger partial charge on any atom is -0.401 e. The van der Waals surface area contributed by atoms with E-state index in [1.165, 1.54) is 5.69 Å². The molecule has 1 aromatic carbocycles. The predicted octanol–water partition coefficient (Wildman–Crippen LogP) is 2.67. The molecule has 1 fully saturated rings. The van der Waals surface area contributed by atoms with Crippen LogP contribution in [0.15, 0.2) is 53.1 Å². The molecule has 0 bridgehead atoms. The molecule has 6 nitrogen and oxygen atoms in total. The molecule has 0 atom stereocenters. The van der Waals surface area contributed by atoms with E-state index >= 15 is 0 Å². The molecule has 0 saturated carbocycles. The monoisotopic (exact) mass is 380 g/mol. The van der Waals surface area contributed by atoms with Gasteiger partial charge in [-0.1, -0.05) is 13.2 Å². The topological polar surface area (TPSA) is 82.9 Å². The first-order valence-electron chi connectivity index (χ1n) is 9.81. The van der Waals surface area contributed by atoms with Crippen LogP contribution < -0.4 is 21.7 Å². The van der Waals surface area contributed by atoms with Gasteiger partial charge in [0.25, 0.3) is 0 Å². The lowest BCUT2D eigenvalue weighted by Crippen LogP contribution is -2.47. The van der Waals surface area contributed by atoms with Gasteiger partial charge in [-0.05, 0) is 44.0 Å². The van der Waals surface area contributed by atoms with E-state index in [0.717, 1.165) is 78.6 Å². The molecule has 0 radical (unpaired) electrons. The van der Waals surface area contributed by atoms with E-state index in [9.17, 15) is 0 Å². The van der Waals surface area contributed by atoms with E-state index in [1.807, 2.05) is 6.92 Å². The first-order valence-corrected chi connectivity index (χ1v) is 9.81. The summed E-state index contributed by atoms with van der Waals surface area (Å²) < 4.78 is 0. The molecule has 1 aromatic rings. The number of piperazine rings is 1. The van der Waals surface area contributed by atoms with Gasteiger partial charge in [0.05, 0.1) is 11.5 Å². The van der Waals surface area contributed by atoms with Crippen LogP contribution in [-0.4, -0.2) is 43.3 Å². The summed E-state index contributed by atoms with van der Waals surface area (Å²) in [6, 6.07) is 4.44. The quantitative estimate of drug-likeness (QED) is 0.700. The molecule has 2 aliphatic heterocycles. The van der Waals surface area contributed by atoms with Gasteiger partial charge in [-0.3, -0.25) is 4.99 Å². The highest BCUT2D eigenvalue weighted by molar-refractivity contribution is 6.04. The normalized spacial score (nSPS) is 18.4. The van der Waals surface area contributed by atoms with E-state index in [1.54, 1.807) is 0 Å². The summed E-state index contributed by atoms with van der Waals surface area (Å²) in [6.07, 6.45) is 0.819. The first-order chi connectivity index (χ1) is 13.3. The lowest BCUT2D eigenvalue weighted by molar-refractivity contribution is 0.319. The molecule has 28 heavy (non-hydrogen) atoms. The molecule has 0 unspecified atom stereocenters. The third-order valence-corrected chi connectivity index (χ3v) is 5.52. The van der Waals surface area contributed by atoms with Crippen LogP contribution in [0, 0.1) is 13.8 Å². The standard InChI is InChI=1S/C22H32N6/c1-14-12-19(28-10-8-27(9-11-28)18(5)23)13-15(2)22(14)26-17(4)21-16(3)25-7-6-20(21)24/h12-13,25H,3,5-11,23-24H2,1-2,4H3. The third-order valence-electron chi connectivity index (χ3n) is 5.52. The molecule has 3 rings (SSSR count). The van der Waals surface area contributed by atoms with Gasteiger partial charge in [0.15, 0.2) is 0 Å². The number of benzene rings is 1. The van der Waals surface area contributed by atoms with Crippen LogP contribution >= 0.6 is 0 Å². The molecule has 5 N–H and O–H groups in total. The molecular formula is C22H32N6. The highest BCUT2D eigenvalue weighted by Gasteiger charge is 2.19. The van der Waals surface area contributed by atoms with Crippen LogP contribution in [0.25, 0.3) is 0 Å². The summed E-state index contributed by atoms with van der Waals surface area (Å²) in [5.41, 5.74) is 20.2. The van der Waals surface area contributed by atoms with Gasteiger partial charge in [-0.25, -0.2) is 0 Å². The van der Waals surface area contributed by atoms with Crippen molar-refractivity contribution in [3.05, 3.63) is 59.2 Å². The predicted molar refractivity (Wildman–Crippen MR) is 119 cm³/mol. The van der Waals surface area contributed by atoms with Gasteiger partial charge < -0.3 is 26.6 Å². The van der Waals surface area contributed by atoms with E-state index < -0.39 is 0 Å². The number of aliphatic imine (C=N–C) groups is 1. The van der Waals surface area contributed by atoms with Gasteiger partial charge in [0.1, 0.15) is 0 Å². The maximum Gasteiger partial charge on any atom is 0.0913 e. The van der Waals surface area contributed by atoms with Crippen LogP contribution in [0.4, 0.5) is 11.4 Å². The zero-order valence-corrected chi connectivity index (χ0v) is 17.3. The van der Waals surface area contributed by atoms with Crippen molar-refractivity contribution in [3.8, 4) is 0 Å². The van der Waals surface area contributed by atoms with Gasteiger partial charge in [0, 0.05) is 67.5 Å². The lowest BCUT2D eigenvalue weighted by Gasteiger charge is -2.37. The van der Waals surface area contributed by atoms with Gasteiger partial charge in [-0.2, -0.15) is 0 Å². The molecule has 0 spiro atoms. The largest absolute Gasteiger partial charge is 0.401 e. The fourth-order valence-corrected chi connectivity index (χ4v) is 3.97. The van der Waals surface area contributed by atoms with Crippen molar-refractivity contribution in [2.75, 3.05) is 37.6 Å². The summed E-state index contributed by atoms with van der Waals surface area (Å²) in [5.74, 6) is 0.652. The van der Waals surface area contributed by atoms with Crippen molar-refractivity contribution in [3.63, 3.8) is 0 Å². The Bertz CT molecular complexity index is 833. The van der Waals surface area contributed by atoms with Crippen LogP contribution in [0.2, 0.25) is 0 Å². The second-order valence-corrected chi connectivity index (χ2v) is 7.65. The van der Waals surface area contributed by atoms with Crippen molar-refractivity contribution in [2.45, 2.75) is 27.2 Å². The Hall–Kier alpha value is -2.89. The Morgan fingerprint density at radius 3 is 2.29 bits per heavy atom. The molecule has 0 aromatic heterocycles. The van der Waals surface area contributed by atoms with Crippen molar-refractivity contribution < 1.29 is 0 Å². The van der Waals surface area contributed by atoms with Gasteiger partial charge >= 0.3 is 0 Å². The van der Waals surface area contributed by atoms with Gasteiger partial charge in [0.2, 0.25) is 0 Å². The van der Waals surface area contributed by atoms with Crippen molar-refractivity contribution >= 4 is 17.1 Å². The number of allylic oxidation sites excluding steroid dienone is 1. The highest BCUT2D eigenvalue weighted by Crippen LogP contribution is 2.31. The zero-order valence-electron chi connectivity index (χ0n) is 17.3. The van der Waals surface area contributed by atoms with E-state index in [-0.39, 0.29) is 0 Å². The Balaban J connectivity index is 1.85. The Morgan fingerprint density at radius 2 is 1.75 bits per heavy atom. The number of nitrogens with zero attached hydrogens (tertiary/aromatic N) is 3. The number of rotatable bonds is 4. The zero-order chi connectivity index (χ0) is 20.4. The number of nitrogens with one attached hydrogen (secondary N) is 1. The van der Waals surface area contributed by atoms with Crippen LogP contribution in [0.1, 0.15) is 24.5 Å². The molecule has 6 heteroatoms. The van der Waals surface area contributed by atoms with Crippen LogP contribution in [0.3, 0.4) is 0 Å². The number of anilines is 1. The molecule has 150 valence electrons. The van der Waals surface area contributed by atoms with Crippen molar-refractivity contribution in [2.24, 2.45) is 16.5 Å². The lowest BCUT2D eigenvalue weighted by atomic mass is 10.0. The summed E-state index contributed by atoms with van der Waals surface area (Å²) in [7, 11) is 0. The molecular weight excluding hydrogens is 348 g/mol. The number of nitrogens with two attached hydrogens (primary N) is 2. The van der Waals surface area contributed by atoms with Crippen LogP contribution in [0.5, 0.6) is 0 Å². The molecule has 0 amide bonds. The summed E-state index contributed by atoms with van der Waals surface area (Å²) in [4.78, 5) is 9.45. The Labute approximate surface area is 168 Å². The van der Waals surface area contributed by atoms with Crippen molar-refractivity contribution in [1.82, 2.24) is 10.2 Å². The van der Waals surface area contributed by atoms with E-state index in [4.69, 9.17) is 16.5 Å². The molecule has 2 aliphatic rings. The Kier molecular flexibility index (Phi) is 5.68. The average Bonchev–Trinajstić information content (AvgIpc) is 2.64. The summed E-state index contributed by atoms with van der Waals surface area (Å²) in [5, 5.41) is 3.28. The molecule has 1 saturated heterocycles. The second kappa shape index (κ2) is 8.00. The van der Waals surface area contributed by atoms with Crippen molar-refractivity contribution in [1.29, 1.82) is 0 Å². The van der Waals surface area contributed by atoms with Crippen LogP contribution in [-0.2, 0) is 0 Å². The summed E-state index contributed by atoms with van der Waals surface area (Å²) >= 11 is 0. The fourth-order valence-electron chi connectivity index (χ4n) is 3.97. The summed E-state index contributed by atoms with van der Waals surface area (Å²) in [6.45, 7) is 18.7. The molecule has 0 aliphatic carbocycles. The fraction of sp³-hybridized carbons (Fsp3) is 0.409. The third kappa shape index (κ3) is 4.01. The average molecular weight is 381 g/mol. The van der Waals surface area contributed by atoms with E-state index in [2.05, 4.69) is 54.3 Å². The first kappa shape index (κ1) is 19.9. The minimum atomic E-state index is 0.652. The second-order valence-electron chi connectivity index (χ2n) is 7.65. The number of hydrogen-bond donors (Lipinski definition) is 3. The maximum atomic E-state index is 6.23. The minimum absolute atomic E-state index is 0.652. The van der Waals surface area contributed by atoms with Gasteiger partial charge in [-0.15, -0.1) is 0 Å².